The van der Waals surface area contributed by atoms with Crippen molar-refractivity contribution in [2.45, 2.75) is 117 Å². The number of aliphatic hydroxyl groups is 1. The molecule has 15 nitrogen and oxygen atoms in total. The number of amides is 4. The second-order valence-electron chi connectivity index (χ2n) is 16.7. The van der Waals surface area contributed by atoms with Crippen molar-refractivity contribution >= 4 is 35.2 Å². The number of nitrogens with one attached hydrogen (secondary N) is 2. The smallest absolute Gasteiger partial charge is 0.410 e. The van der Waals surface area contributed by atoms with Crippen LogP contribution < -0.4 is 16.4 Å². The minimum atomic E-state index is -0.894. The van der Waals surface area contributed by atoms with Crippen molar-refractivity contribution in [1.82, 2.24) is 25.4 Å². The summed E-state index contributed by atoms with van der Waals surface area (Å²) in [7, 11) is 0. The molecular weight excluding hydrogens is 765 g/mol. The number of nitrogens with two attached hydrogens (primary N) is 1. The third-order valence-electron chi connectivity index (χ3n) is 9.46. The molecule has 3 rings (SSSR count). The monoisotopic (exact) mass is 832 g/mol. The standard InChI is InChI=1S/C42H68N6O9S/c1-30-36(58-29-45-30)32-15-13-31(14-16-32)27-44-38(51)34-26-33(49)28-48(34)39(52)37(41(2,3)4)46-35(50)12-10-8-9-11-18-47(40(53)57-42(5,6)7)19-21-55-23-25-56-24-22-54-20-17-43/h13-16,29,33-34,37,49H,8-12,17-28,43H2,1-7H3,(H,44,51)(H,46,50). The molecule has 58 heavy (non-hydrogen) atoms. The topological polar surface area (TPSA) is 195 Å². The van der Waals surface area contributed by atoms with E-state index in [0.717, 1.165) is 34.5 Å². The molecule has 0 spiro atoms. The predicted octanol–water partition coefficient (Wildman–Crippen LogP) is 4.42. The van der Waals surface area contributed by atoms with Gasteiger partial charge in [-0.25, -0.2) is 9.78 Å². The maximum atomic E-state index is 14.0. The van der Waals surface area contributed by atoms with Gasteiger partial charge in [0.2, 0.25) is 17.7 Å². The average molecular weight is 833 g/mol. The van der Waals surface area contributed by atoms with Crippen LogP contribution in [0.1, 0.15) is 91.3 Å². The Morgan fingerprint density at radius 1 is 0.931 bits per heavy atom. The molecule has 2 aromatic rings. The Bertz CT molecular complexity index is 1560. The first-order valence-corrected chi connectivity index (χ1v) is 21.3. The number of rotatable bonds is 24. The fourth-order valence-corrected chi connectivity index (χ4v) is 7.19. The van der Waals surface area contributed by atoms with Gasteiger partial charge in [0.05, 0.1) is 61.8 Å². The minimum Gasteiger partial charge on any atom is -0.444 e. The van der Waals surface area contributed by atoms with E-state index < -0.39 is 41.2 Å². The molecule has 326 valence electrons. The fourth-order valence-electron chi connectivity index (χ4n) is 6.38. The van der Waals surface area contributed by atoms with Crippen LogP contribution >= 0.6 is 11.3 Å². The summed E-state index contributed by atoms with van der Waals surface area (Å²) in [5, 5.41) is 16.4. The molecule has 2 heterocycles. The largest absolute Gasteiger partial charge is 0.444 e. The van der Waals surface area contributed by atoms with E-state index in [1.54, 1.807) is 16.2 Å². The number of likely N-dealkylation sites (tertiary alicyclic amines) is 1. The number of ether oxygens (including phenoxy) is 4. The van der Waals surface area contributed by atoms with Gasteiger partial charge in [0.25, 0.3) is 0 Å². The Balaban J connectivity index is 1.44. The van der Waals surface area contributed by atoms with Crippen molar-refractivity contribution in [2.75, 3.05) is 65.8 Å². The zero-order valence-corrected chi connectivity index (χ0v) is 36.5. The van der Waals surface area contributed by atoms with Crippen LogP contribution in [0.2, 0.25) is 0 Å². The van der Waals surface area contributed by atoms with Crippen molar-refractivity contribution in [3.8, 4) is 10.4 Å². The first-order chi connectivity index (χ1) is 27.5. The SMILES string of the molecule is Cc1ncsc1-c1ccc(CNC(=O)C2CC(O)CN2C(=O)C(NC(=O)CCCCCCN(CCOCCOCCOCCN)C(=O)OC(C)(C)C)C(C)(C)C)cc1. The Kier molecular flexibility index (Phi) is 20.5. The van der Waals surface area contributed by atoms with Crippen molar-refractivity contribution in [2.24, 2.45) is 11.1 Å². The second kappa shape index (κ2) is 24.4. The number of carbonyl (C=O) groups excluding carboxylic acids is 4. The summed E-state index contributed by atoms with van der Waals surface area (Å²) in [6, 6.07) is 6.14. The first-order valence-electron chi connectivity index (χ1n) is 20.5. The number of unbranched alkanes of at least 4 members (excludes halogenated alkanes) is 3. The molecule has 16 heteroatoms. The van der Waals surface area contributed by atoms with E-state index in [4.69, 9.17) is 24.7 Å². The molecule has 0 bridgehead atoms. The van der Waals surface area contributed by atoms with Crippen molar-refractivity contribution in [1.29, 1.82) is 0 Å². The molecule has 5 N–H and O–H groups in total. The van der Waals surface area contributed by atoms with Gasteiger partial charge in [-0.1, -0.05) is 57.9 Å². The number of benzene rings is 1. The minimum absolute atomic E-state index is 0.00885. The number of hydrogen-bond acceptors (Lipinski definition) is 12. The van der Waals surface area contributed by atoms with Gasteiger partial charge in [-0.2, -0.15) is 0 Å². The van der Waals surface area contributed by atoms with Crippen LogP contribution in [0.5, 0.6) is 0 Å². The van der Waals surface area contributed by atoms with Gasteiger partial charge in [0.15, 0.2) is 0 Å². The van der Waals surface area contributed by atoms with E-state index in [2.05, 4.69) is 15.6 Å². The highest BCUT2D eigenvalue weighted by molar-refractivity contribution is 7.13. The van der Waals surface area contributed by atoms with Crippen molar-refractivity contribution < 1.29 is 43.2 Å². The van der Waals surface area contributed by atoms with Crippen LogP contribution in [0.25, 0.3) is 10.4 Å². The number of nitrogens with zero attached hydrogens (tertiary/aromatic N) is 3. The molecule has 0 aliphatic carbocycles. The molecule has 3 atom stereocenters. The van der Waals surface area contributed by atoms with E-state index in [-0.39, 0.29) is 37.7 Å². The molecule has 0 saturated carbocycles. The number of carbonyl (C=O) groups is 4. The quantitative estimate of drug-likeness (QED) is 0.109. The lowest BCUT2D eigenvalue weighted by Gasteiger charge is -2.35. The van der Waals surface area contributed by atoms with Gasteiger partial charge in [-0.3, -0.25) is 14.4 Å². The summed E-state index contributed by atoms with van der Waals surface area (Å²) in [5.74, 6) is -1.01. The zero-order chi connectivity index (χ0) is 42.7. The Labute approximate surface area is 348 Å². The fraction of sp³-hybridized carbons (Fsp3) is 0.690. The highest BCUT2D eigenvalue weighted by atomic mass is 32.1. The number of aliphatic hydroxyl groups excluding tert-OH is 1. The summed E-state index contributed by atoms with van der Waals surface area (Å²) in [5.41, 5.74) is 8.85. The molecule has 1 saturated heterocycles. The summed E-state index contributed by atoms with van der Waals surface area (Å²) >= 11 is 1.58. The summed E-state index contributed by atoms with van der Waals surface area (Å²) < 4.78 is 22.0. The third kappa shape index (κ3) is 17.3. The zero-order valence-electron chi connectivity index (χ0n) is 35.7. The van der Waals surface area contributed by atoms with Gasteiger partial charge >= 0.3 is 6.09 Å². The number of aromatic nitrogens is 1. The van der Waals surface area contributed by atoms with Crippen LogP contribution in [0, 0.1) is 12.3 Å². The van der Waals surface area contributed by atoms with Crippen molar-refractivity contribution in [3.63, 3.8) is 0 Å². The van der Waals surface area contributed by atoms with Crippen LogP contribution in [0.15, 0.2) is 29.8 Å². The third-order valence-corrected chi connectivity index (χ3v) is 10.4. The van der Waals surface area contributed by atoms with Crippen molar-refractivity contribution in [3.05, 3.63) is 41.0 Å². The Morgan fingerprint density at radius 3 is 2.17 bits per heavy atom. The normalized spacial score (nSPS) is 16.3. The molecule has 1 aliphatic heterocycles. The molecule has 3 unspecified atom stereocenters. The first kappa shape index (κ1) is 48.7. The second-order valence-corrected chi connectivity index (χ2v) is 17.6. The predicted molar refractivity (Wildman–Crippen MR) is 224 cm³/mol. The average Bonchev–Trinajstić information content (AvgIpc) is 3.77. The lowest BCUT2D eigenvalue weighted by molar-refractivity contribution is -0.144. The van der Waals surface area contributed by atoms with E-state index in [0.29, 0.717) is 72.1 Å². The van der Waals surface area contributed by atoms with E-state index >= 15 is 0 Å². The maximum absolute atomic E-state index is 14.0. The molecule has 1 aromatic heterocycles. The van der Waals surface area contributed by atoms with E-state index in [9.17, 15) is 24.3 Å². The highest BCUT2D eigenvalue weighted by Crippen LogP contribution is 2.28. The highest BCUT2D eigenvalue weighted by Gasteiger charge is 2.44. The van der Waals surface area contributed by atoms with Gasteiger partial charge in [0.1, 0.15) is 17.7 Å². The molecule has 1 aromatic carbocycles. The molecular formula is C42H68N6O9S. The number of β-amino-alcohol motifs (C(OH)–C–C–N with tert-alkyl or cyclic N) is 1. The van der Waals surface area contributed by atoms with Crippen LogP contribution in [0.4, 0.5) is 4.79 Å². The summed E-state index contributed by atoms with van der Waals surface area (Å²) in [4.78, 5) is 62.0. The van der Waals surface area contributed by atoms with Crippen LogP contribution in [-0.2, 0) is 39.9 Å². The van der Waals surface area contributed by atoms with Crippen LogP contribution in [-0.4, -0.2) is 133 Å². The maximum Gasteiger partial charge on any atom is 0.410 e. The van der Waals surface area contributed by atoms with Gasteiger partial charge < -0.3 is 50.2 Å². The summed E-state index contributed by atoms with van der Waals surface area (Å²) in [6.07, 6.45) is 1.93. The Hall–Kier alpha value is -3.67. The number of aryl methyl sites for hydroxylation is 1. The Morgan fingerprint density at radius 2 is 1.57 bits per heavy atom. The van der Waals surface area contributed by atoms with E-state index in [1.165, 1.54) is 4.90 Å². The molecule has 4 amide bonds. The lowest BCUT2D eigenvalue weighted by atomic mass is 9.85. The number of thiazole rings is 1. The van der Waals surface area contributed by atoms with Gasteiger partial charge in [-0.05, 0) is 57.1 Å². The summed E-state index contributed by atoms with van der Waals surface area (Å²) in [6.45, 7) is 17.2. The number of hydrogen-bond donors (Lipinski definition) is 4. The molecule has 0 radical (unpaired) electrons. The molecule has 1 aliphatic rings. The molecule has 1 fully saturated rings. The van der Waals surface area contributed by atoms with Crippen LogP contribution in [0.3, 0.4) is 0 Å². The lowest BCUT2D eigenvalue weighted by Crippen LogP contribution is -2.57. The van der Waals surface area contributed by atoms with Gasteiger partial charge in [0, 0.05) is 45.6 Å². The van der Waals surface area contributed by atoms with Gasteiger partial charge in [-0.15, -0.1) is 11.3 Å². The van der Waals surface area contributed by atoms with E-state index in [1.807, 2.05) is 78.2 Å².